The van der Waals surface area contributed by atoms with E-state index in [4.69, 9.17) is 9.31 Å². The molecule has 0 bridgehead atoms. The molecule has 0 spiro atoms. The highest BCUT2D eigenvalue weighted by Crippen LogP contribution is 2.23. The quantitative estimate of drug-likeness (QED) is 0.618. The van der Waals surface area contributed by atoms with E-state index in [1.54, 1.807) is 24.3 Å². The number of carbonyl (C=O) groups is 2. The Kier molecular flexibility index (Phi) is 4.62. The van der Waals surface area contributed by atoms with Gasteiger partial charge in [-0.2, -0.15) is 0 Å². The maximum atomic E-state index is 12.5. The van der Waals surface area contributed by atoms with Crippen molar-refractivity contribution in [2.24, 2.45) is 5.41 Å². The molecule has 6 heteroatoms. The molecule has 138 valence electrons. The number of rotatable bonds is 4. The van der Waals surface area contributed by atoms with Crippen LogP contribution < -0.4 is 5.46 Å². The number of hydrogen-bond acceptors (Lipinski definition) is 4. The number of nitrogens with zero attached hydrogens (tertiary/aromatic N) is 1. The van der Waals surface area contributed by atoms with Crippen LogP contribution in [0.4, 0.5) is 0 Å². The third-order valence-electron chi connectivity index (χ3n) is 4.98. The third kappa shape index (κ3) is 3.55. The maximum absolute atomic E-state index is 12.5. The highest BCUT2D eigenvalue weighted by atomic mass is 16.6. The lowest BCUT2D eigenvalue weighted by atomic mass is 9.75. The summed E-state index contributed by atoms with van der Waals surface area (Å²) in [5, 5.41) is 0. The van der Waals surface area contributed by atoms with Crippen LogP contribution in [0.15, 0.2) is 48.5 Å². The zero-order valence-corrected chi connectivity index (χ0v) is 15.6. The predicted molar refractivity (Wildman–Crippen MR) is 103 cm³/mol. The van der Waals surface area contributed by atoms with E-state index in [0.717, 1.165) is 11.0 Å². The normalized spacial score (nSPS) is 18.7. The summed E-state index contributed by atoms with van der Waals surface area (Å²) in [5.74, 6) is -0.430. The molecule has 0 unspecified atom stereocenters. The van der Waals surface area contributed by atoms with Gasteiger partial charge in [-0.1, -0.05) is 50.2 Å². The number of hydrogen-bond donors (Lipinski definition) is 0. The fraction of sp³-hybridized carbons (Fsp3) is 0.333. The molecule has 0 aliphatic carbocycles. The van der Waals surface area contributed by atoms with Gasteiger partial charge in [-0.25, -0.2) is 0 Å². The highest BCUT2D eigenvalue weighted by molar-refractivity contribution is 6.61. The van der Waals surface area contributed by atoms with Gasteiger partial charge in [0.2, 0.25) is 0 Å². The summed E-state index contributed by atoms with van der Waals surface area (Å²) < 4.78 is 11.7. The summed E-state index contributed by atoms with van der Waals surface area (Å²) >= 11 is 0. The molecule has 0 aromatic heterocycles. The van der Waals surface area contributed by atoms with Gasteiger partial charge in [-0.3, -0.25) is 14.5 Å². The molecule has 2 aromatic carbocycles. The molecule has 0 radical (unpaired) electrons. The summed E-state index contributed by atoms with van der Waals surface area (Å²) in [7, 11) is -0.364. The summed E-state index contributed by atoms with van der Waals surface area (Å²) in [5.41, 5.74) is 3.01. The van der Waals surface area contributed by atoms with E-state index >= 15 is 0 Å². The molecule has 0 N–H and O–H groups in total. The van der Waals surface area contributed by atoms with Crippen LogP contribution in [0.1, 0.15) is 40.1 Å². The molecule has 0 atom stereocenters. The Labute approximate surface area is 159 Å². The Hall–Kier alpha value is -2.44. The first-order chi connectivity index (χ1) is 12.9. The van der Waals surface area contributed by atoms with Gasteiger partial charge in [0.05, 0.1) is 11.1 Å². The monoisotopic (exact) mass is 363 g/mol. The zero-order chi connectivity index (χ0) is 19.0. The van der Waals surface area contributed by atoms with E-state index in [2.05, 4.69) is 13.8 Å². The van der Waals surface area contributed by atoms with Crippen LogP contribution in [0.2, 0.25) is 0 Å². The summed E-state index contributed by atoms with van der Waals surface area (Å²) in [4.78, 5) is 26.3. The number of benzene rings is 2. The Morgan fingerprint density at radius 1 is 0.963 bits per heavy atom. The van der Waals surface area contributed by atoms with E-state index in [1.165, 1.54) is 4.90 Å². The Bertz CT molecular complexity index is 850. The van der Waals surface area contributed by atoms with E-state index < -0.39 is 0 Å². The van der Waals surface area contributed by atoms with Crippen LogP contribution in [0.25, 0.3) is 0 Å². The van der Waals surface area contributed by atoms with Gasteiger partial charge in [-0.05, 0) is 29.6 Å². The molecule has 4 rings (SSSR count). The first kappa shape index (κ1) is 18.0. The molecule has 0 saturated carbocycles. The molecule has 5 nitrogen and oxygen atoms in total. The van der Waals surface area contributed by atoms with Crippen molar-refractivity contribution in [1.82, 2.24) is 4.90 Å². The molecule has 2 aromatic rings. The van der Waals surface area contributed by atoms with E-state index in [-0.39, 0.29) is 24.3 Å². The second-order valence-corrected chi connectivity index (χ2v) is 7.92. The Morgan fingerprint density at radius 2 is 1.59 bits per heavy atom. The molecule has 1 fully saturated rings. The Morgan fingerprint density at radius 3 is 2.22 bits per heavy atom. The van der Waals surface area contributed by atoms with Gasteiger partial charge >= 0.3 is 7.12 Å². The first-order valence-corrected chi connectivity index (χ1v) is 9.22. The van der Waals surface area contributed by atoms with Crippen LogP contribution in [-0.2, 0) is 15.7 Å². The topological polar surface area (TPSA) is 55.8 Å². The molecule has 27 heavy (non-hydrogen) atoms. The fourth-order valence-corrected chi connectivity index (χ4v) is 3.46. The average Bonchev–Trinajstić information content (AvgIpc) is 2.91. The number of carbonyl (C=O) groups excluding carboxylic acids is 2. The van der Waals surface area contributed by atoms with E-state index in [1.807, 2.05) is 24.3 Å². The van der Waals surface area contributed by atoms with E-state index in [0.29, 0.717) is 37.3 Å². The van der Waals surface area contributed by atoms with Crippen molar-refractivity contribution in [2.75, 3.05) is 19.8 Å². The lowest BCUT2D eigenvalue weighted by molar-refractivity contribution is 0.0343. The second kappa shape index (κ2) is 6.95. The molecule has 1 saturated heterocycles. The van der Waals surface area contributed by atoms with Crippen molar-refractivity contribution >= 4 is 24.4 Å². The molecule has 2 amide bonds. The smallest absolute Gasteiger partial charge is 0.407 e. The van der Waals surface area contributed by atoms with E-state index in [9.17, 15) is 9.59 Å². The average molecular weight is 363 g/mol. The fourth-order valence-electron chi connectivity index (χ4n) is 3.46. The number of amides is 2. The van der Waals surface area contributed by atoms with Crippen molar-refractivity contribution < 1.29 is 18.9 Å². The lowest BCUT2D eigenvalue weighted by Gasteiger charge is -2.33. The number of imide groups is 1. The van der Waals surface area contributed by atoms with Crippen LogP contribution in [-0.4, -0.2) is 43.6 Å². The van der Waals surface area contributed by atoms with Crippen LogP contribution >= 0.6 is 0 Å². The zero-order valence-electron chi connectivity index (χ0n) is 15.6. The van der Waals surface area contributed by atoms with Gasteiger partial charge in [0.1, 0.15) is 0 Å². The number of fused-ring (bicyclic) bond motifs is 1. The maximum Gasteiger partial charge on any atom is 0.493 e. The molecule has 2 heterocycles. The highest BCUT2D eigenvalue weighted by Gasteiger charge is 2.35. The second-order valence-electron chi connectivity index (χ2n) is 7.92. The minimum Gasteiger partial charge on any atom is -0.407 e. The predicted octanol–water partition coefficient (Wildman–Crippen LogP) is 2.29. The van der Waals surface area contributed by atoms with Gasteiger partial charge in [-0.15, -0.1) is 0 Å². The molecule has 2 aliphatic heterocycles. The standard InChI is InChI=1S/C21H22BNO4/c1-21(2)13-26-22(27-14-21)16-7-5-6-15(12-16)10-11-23-19(24)17-8-3-4-9-18(17)20(23)25/h3-9,12H,10-11,13-14H2,1-2H3. The van der Waals surface area contributed by atoms with Crippen LogP contribution in [0, 0.1) is 5.41 Å². The largest absolute Gasteiger partial charge is 0.493 e. The van der Waals surface area contributed by atoms with Gasteiger partial charge < -0.3 is 9.31 Å². The van der Waals surface area contributed by atoms with Crippen molar-refractivity contribution in [2.45, 2.75) is 20.3 Å². The third-order valence-corrected chi connectivity index (χ3v) is 4.98. The van der Waals surface area contributed by atoms with Crippen LogP contribution in [0.3, 0.4) is 0 Å². The van der Waals surface area contributed by atoms with Crippen molar-refractivity contribution in [1.29, 1.82) is 0 Å². The summed E-state index contributed by atoms with van der Waals surface area (Å²) in [6.45, 7) is 5.88. The summed E-state index contributed by atoms with van der Waals surface area (Å²) in [6.07, 6.45) is 0.595. The minimum atomic E-state index is -0.364. The molecule has 2 aliphatic rings. The first-order valence-electron chi connectivity index (χ1n) is 9.22. The van der Waals surface area contributed by atoms with Crippen molar-refractivity contribution in [3.63, 3.8) is 0 Å². The minimum absolute atomic E-state index is 0.0274. The van der Waals surface area contributed by atoms with Crippen molar-refractivity contribution in [3.8, 4) is 0 Å². The lowest BCUT2D eigenvalue weighted by Crippen LogP contribution is -2.47. The Balaban J connectivity index is 1.43. The van der Waals surface area contributed by atoms with Gasteiger partial charge in [0.25, 0.3) is 11.8 Å². The molecular weight excluding hydrogens is 341 g/mol. The SMILES string of the molecule is CC1(C)COB(c2cccc(CCN3C(=O)c4ccccc4C3=O)c2)OC1. The van der Waals surface area contributed by atoms with Crippen molar-refractivity contribution in [3.05, 3.63) is 65.2 Å². The molecular formula is C21H22BNO4. The van der Waals surface area contributed by atoms with Crippen LogP contribution in [0.5, 0.6) is 0 Å². The van der Waals surface area contributed by atoms with Gasteiger partial charge in [0, 0.05) is 25.2 Å². The summed E-state index contributed by atoms with van der Waals surface area (Å²) in [6, 6.07) is 14.9. The van der Waals surface area contributed by atoms with Gasteiger partial charge in [0.15, 0.2) is 0 Å².